The first-order valence-corrected chi connectivity index (χ1v) is 3.75. The van der Waals surface area contributed by atoms with Crippen LogP contribution in [0.3, 0.4) is 0 Å². The third kappa shape index (κ3) is 8.60. The standard InChI is InChI=1S/C9H19.Li/c1-6-8(2)7-9(3,4)5;/h8H,1,6-7H2,2-5H3;/q-1;+1. The molecule has 0 fully saturated rings. The van der Waals surface area contributed by atoms with Gasteiger partial charge in [-0.3, -0.25) is 0 Å². The molecule has 0 saturated carbocycles. The van der Waals surface area contributed by atoms with Gasteiger partial charge in [-0.2, -0.15) is 6.42 Å². The summed E-state index contributed by atoms with van der Waals surface area (Å²) in [4.78, 5) is 0. The van der Waals surface area contributed by atoms with Gasteiger partial charge < -0.3 is 6.92 Å². The van der Waals surface area contributed by atoms with Crippen LogP contribution in [0, 0.1) is 18.3 Å². The van der Waals surface area contributed by atoms with Gasteiger partial charge in [0.1, 0.15) is 0 Å². The van der Waals surface area contributed by atoms with Crippen LogP contribution in [0.25, 0.3) is 0 Å². The Balaban J connectivity index is 0. The van der Waals surface area contributed by atoms with Crippen LogP contribution in [0.1, 0.15) is 40.5 Å². The van der Waals surface area contributed by atoms with Crippen LogP contribution in [-0.2, 0) is 0 Å². The van der Waals surface area contributed by atoms with E-state index in [0.717, 1.165) is 12.3 Å². The van der Waals surface area contributed by atoms with Crippen LogP contribution in [0.4, 0.5) is 0 Å². The van der Waals surface area contributed by atoms with Crippen molar-refractivity contribution in [2.24, 2.45) is 11.3 Å². The van der Waals surface area contributed by atoms with E-state index in [9.17, 15) is 0 Å². The van der Waals surface area contributed by atoms with Gasteiger partial charge in [0, 0.05) is 0 Å². The normalized spacial score (nSPS) is 14.1. The Bertz CT molecular complexity index is 71.3. The maximum absolute atomic E-state index is 3.87. The molecule has 0 N–H and O–H groups in total. The van der Waals surface area contributed by atoms with E-state index in [4.69, 9.17) is 0 Å². The molecule has 0 aliphatic carbocycles. The third-order valence-electron chi connectivity index (χ3n) is 1.45. The van der Waals surface area contributed by atoms with Gasteiger partial charge >= 0.3 is 18.9 Å². The van der Waals surface area contributed by atoms with E-state index < -0.39 is 0 Å². The average molecular weight is 134 g/mol. The van der Waals surface area contributed by atoms with Gasteiger partial charge in [0.15, 0.2) is 0 Å². The second kappa shape index (κ2) is 5.27. The first-order valence-electron chi connectivity index (χ1n) is 3.75. The van der Waals surface area contributed by atoms with E-state index in [2.05, 4.69) is 34.6 Å². The molecule has 1 unspecified atom stereocenters. The van der Waals surface area contributed by atoms with Crippen molar-refractivity contribution in [1.82, 2.24) is 0 Å². The molecule has 10 heavy (non-hydrogen) atoms. The summed E-state index contributed by atoms with van der Waals surface area (Å²) in [6.07, 6.45) is 2.35. The maximum atomic E-state index is 3.87. The predicted octanol–water partition coefficient (Wildman–Crippen LogP) is 0.287. The van der Waals surface area contributed by atoms with Crippen molar-refractivity contribution in [3.8, 4) is 0 Å². The third-order valence-corrected chi connectivity index (χ3v) is 1.45. The molecular formula is C9H19Li. The van der Waals surface area contributed by atoms with E-state index >= 15 is 0 Å². The van der Waals surface area contributed by atoms with Crippen LogP contribution < -0.4 is 18.9 Å². The molecule has 0 spiro atoms. The largest absolute Gasteiger partial charge is 1.00 e. The van der Waals surface area contributed by atoms with Gasteiger partial charge in [-0.1, -0.05) is 33.6 Å². The Kier molecular flexibility index (Phi) is 6.97. The quantitative estimate of drug-likeness (QED) is 0.376. The zero-order chi connectivity index (χ0) is 7.49. The molecule has 1 atom stereocenters. The van der Waals surface area contributed by atoms with Crippen LogP contribution in [0.2, 0.25) is 0 Å². The molecule has 0 radical (unpaired) electrons. The van der Waals surface area contributed by atoms with Crippen molar-refractivity contribution in [1.29, 1.82) is 0 Å². The number of hydrogen-bond donors (Lipinski definition) is 0. The minimum absolute atomic E-state index is 0. The minimum atomic E-state index is 0. The van der Waals surface area contributed by atoms with Gasteiger partial charge in [-0.25, -0.2) is 0 Å². The van der Waals surface area contributed by atoms with E-state index in [1.807, 2.05) is 0 Å². The molecule has 0 aromatic heterocycles. The minimum Gasteiger partial charge on any atom is -0.343 e. The van der Waals surface area contributed by atoms with Gasteiger partial charge in [0.05, 0.1) is 0 Å². The van der Waals surface area contributed by atoms with Gasteiger partial charge in [-0.15, -0.1) is 0 Å². The van der Waals surface area contributed by atoms with Gasteiger partial charge in [0.25, 0.3) is 0 Å². The molecule has 0 aliphatic heterocycles. The summed E-state index contributed by atoms with van der Waals surface area (Å²) in [5.41, 5.74) is 0.483. The molecule has 0 aromatic carbocycles. The smallest absolute Gasteiger partial charge is 0.343 e. The molecule has 56 valence electrons. The number of rotatable bonds is 2. The summed E-state index contributed by atoms with van der Waals surface area (Å²) >= 11 is 0. The van der Waals surface area contributed by atoms with Crippen molar-refractivity contribution in [2.75, 3.05) is 0 Å². The second-order valence-corrected chi connectivity index (χ2v) is 4.16. The summed E-state index contributed by atoms with van der Waals surface area (Å²) in [6.45, 7) is 13.0. The Morgan fingerprint density at radius 3 is 1.80 bits per heavy atom. The fraction of sp³-hybridized carbons (Fsp3) is 0.889. The van der Waals surface area contributed by atoms with Crippen LogP contribution in [0.15, 0.2) is 0 Å². The predicted molar refractivity (Wildman–Crippen MR) is 43.2 cm³/mol. The molecule has 1 heteroatoms. The summed E-state index contributed by atoms with van der Waals surface area (Å²) in [5, 5.41) is 0. The summed E-state index contributed by atoms with van der Waals surface area (Å²) in [7, 11) is 0. The Morgan fingerprint density at radius 2 is 1.70 bits per heavy atom. The average Bonchev–Trinajstić information content (AvgIpc) is 1.62. The SMILES string of the molecule is [CH2-]CC(C)CC(C)(C)C.[Li+]. The zero-order valence-electron chi connectivity index (χ0n) is 8.20. The molecule has 0 aromatic rings. The fourth-order valence-corrected chi connectivity index (χ4v) is 1.15. The maximum Gasteiger partial charge on any atom is 1.00 e. The molecule has 0 nitrogen and oxygen atoms in total. The molecule has 0 rings (SSSR count). The van der Waals surface area contributed by atoms with Crippen molar-refractivity contribution in [3.63, 3.8) is 0 Å². The fourth-order valence-electron chi connectivity index (χ4n) is 1.15. The van der Waals surface area contributed by atoms with Crippen molar-refractivity contribution >= 4 is 0 Å². The van der Waals surface area contributed by atoms with Crippen molar-refractivity contribution in [3.05, 3.63) is 6.92 Å². The van der Waals surface area contributed by atoms with E-state index in [0.29, 0.717) is 5.41 Å². The van der Waals surface area contributed by atoms with Crippen LogP contribution in [0.5, 0.6) is 0 Å². The Labute approximate surface area is 78.0 Å². The van der Waals surface area contributed by atoms with Crippen molar-refractivity contribution in [2.45, 2.75) is 40.5 Å². The van der Waals surface area contributed by atoms with E-state index in [-0.39, 0.29) is 18.9 Å². The molecule has 0 heterocycles. The van der Waals surface area contributed by atoms with Gasteiger partial charge in [-0.05, 0) is 11.8 Å². The Hall–Kier alpha value is 0.597. The molecule has 0 bridgehead atoms. The first-order chi connectivity index (χ1) is 3.95. The van der Waals surface area contributed by atoms with Crippen molar-refractivity contribution < 1.29 is 18.9 Å². The van der Waals surface area contributed by atoms with E-state index in [1.54, 1.807) is 0 Å². The van der Waals surface area contributed by atoms with Crippen LogP contribution in [-0.4, -0.2) is 0 Å². The molecular weight excluding hydrogens is 115 g/mol. The Morgan fingerprint density at radius 1 is 1.30 bits per heavy atom. The molecule has 0 amide bonds. The zero-order valence-corrected chi connectivity index (χ0v) is 8.20. The monoisotopic (exact) mass is 134 g/mol. The topological polar surface area (TPSA) is 0 Å². The first kappa shape index (κ1) is 13.2. The van der Waals surface area contributed by atoms with Crippen LogP contribution >= 0.6 is 0 Å². The second-order valence-electron chi connectivity index (χ2n) is 4.16. The molecule has 0 saturated heterocycles. The van der Waals surface area contributed by atoms with E-state index in [1.165, 1.54) is 6.42 Å². The summed E-state index contributed by atoms with van der Waals surface area (Å²) in [6, 6.07) is 0. The number of hydrogen-bond acceptors (Lipinski definition) is 0. The summed E-state index contributed by atoms with van der Waals surface area (Å²) < 4.78 is 0. The molecule has 0 aliphatic rings. The summed E-state index contributed by atoms with van der Waals surface area (Å²) in [5.74, 6) is 0.782. The van der Waals surface area contributed by atoms with Gasteiger partial charge in [0.2, 0.25) is 0 Å².